The topological polar surface area (TPSA) is 106 Å². The summed E-state index contributed by atoms with van der Waals surface area (Å²) in [6, 6.07) is 9.66. The second kappa shape index (κ2) is 14.1. The summed E-state index contributed by atoms with van der Waals surface area (Å²) in [5.74, 6) is -1.18. The van der Waals surface area contributed by atoms with Crippen molar-refractivity contribution in [3.05, 3.63) is 35.9 Å². The first-order valence-corrected chi connectivity index (χ1v) is 10.2. The number of nitrogens with one attached hydrogen (secondary N) is 6. The van der Waals surface area contributed by atoms with E-state index < -0.39 is 5.92 Å². The lowest BCUT2D eigenvalue weighted by atomic mass is 9.97. The molecule has 28 heavy (non-hydrogen) atoms. The van der Waals surface area contributed by atoms with Gasteiger partial charge < -0.3 is 31.9 Å². The molecule has 0 aliphatic carbocycles. The molecule has 8 nitrogen and oxygen atoms in total. The van der Waals surface area contributed by atoms with Crippen molar-refractivity contribution in [2.45, 2.75) is 6.42 Å². The van der Waals surface area contributed by atoms with Crippen molar-refractivity contribution >= 4 is 11.8 Å². The molecule has 6 N–H and O–H groups in total. The van der Waals surface area contributed by atoms with E-state index in [4.69, 9.17) is 0 Å². The van der Waals surface area contributed by atoms with Crippen LogP contribution in [0.25, 0.3) is 0 Å². The number of hydrogen-bond acceptors (Lipinski definition) is 6. The van der Waals surface area contributed by atoms with Crippen LogP contribution in [-0.2, 0) is 16.0 Å². The fourth-order valence-electron chi connectivity index (χ4n) is 2.98. The molecule has 0 radical (unpaired) electrons. The molecule has 1 aromatic rings. The molecule has 1 aromatic carbocycles. The van der Waals surface area contributed by atoms with Crippen molar-refractivity contribution in [2.24, 2.45) is 5.92 Å². The molecule has 0 aromatic heterocycles. The summed E-state index contributed by atoms with van der Waals surface area (Å²) >= 11 is 0. The van der Waals surface area contributed by atoms with Crippen LogP contribution in [-0.4, -0.2) is 77.3 Å². The molecule has 1 aliphatic heterocycles. The van der Waals surface area contributed by atoms with E-state index in [1.54, 1.807) is 0 Å². The lowest BCUT2D eigenvalue weighted by Gasteiger charge is -2.17. The maximum absolute atomic E-state index is 12.6. The van der Waals surface area contributed by atoms with Gasteiger partial charge in [0.05, 0.1) is 0 Å². The number of hydrogen-bond donors (Lipinski definition) is 6. The van der Waals surface area contributed by atoms with Gasteiger partial charge in [0.15, 0.2) is 0 Å². The first kappa shape index (κ1) is 22.3. The monoisotopic (exact) mass is 390 g/mol. The van der Waals surface area contributed by atoms with Crippen molar-refractivity contribution in [1.82, 2.24) is 31.9 Å². The molecule has 0 bridgehead atoms. The molecule has 8 heteroatoms. The predicted molar refractivity (Wildman–Crippen MR) is 111 cm³/mol. The van der Waals surface area contributed by atoms with Gasteiger partial charge in [-0.25, -0.2) is 0 Å². The number of rotatable bonds is 2. The van der Waals surface area contributed by atoms with E-state index in [0.29, 0.717) is 32.6 Å². The average Bonchev–Trinajstić information content (AvgIpc) is 2.71. The van der Waals surface area contributed by atoms with Crippen molar-refractivity contribution < 1.29 is 9.59 Å². The highest BCUT2D eigenvalue weighted by atomic mass is 16.2. The Hall–Kier alpha value is -2.00. The Morgan fingerprint density at radius 1 is 0.607 bits per heavy atom. The Bertz CT molecular complexity index is 539. The van der Waals surface area contributed by atoms with Gasteiger partial charge in [-0.2, -0.15) is 0 Å². The second-order valence-electron chi connectivity index (χ2n) is 6.82. The van der Waals surface area contributed by atoms with Gasteiger partial charge in [-0.3, -0.25) is 9.59 Å². The summed E-state index contributed by atoms with van der Waals surface area (Å²) in [5.41, 5.74) is 0.976. The normalized spacial score (nSPS) is 20.3. The van der Waals surface area contributed by atoms with E-state index in [-0.39, 0.29) is 11.8 Å². The van der Waals surface area contributed by atoms with Crippen LogP contribution < -0.4 is 31.9 Å². The molecule has 1 heterocycles. The van der Waals surface area contributed by atoms with Crippen LogP contribution in [0.3, 0.4) is 0 Å². The predicted octanol–water partition coefficient (Wildman–Crippen LogP) is -1.55. The van der Waals surface area contributed by atoms with Gasteiger partial charge >= 0.3 is 0 Å². The van der Waals surface area contributed by atoms with Gasteiger partial charge in [0.2, 0.25) is 11.8 Å². The van der Waals surface area contributed by atoms with Gasteiger partial charge in [0.25, 0.3) is 0 Å². The minimum absolute atomic E-state index is 0.226. The fourth-order valence-corrected chi connectivity index (χ4v) is 2.98. The number of carbonyl (C=O) groups is 2. The number of amides is 2. The minimum atomic E-state index is -0.729. The molecule has 0 spiro atoms. The highest BCUT2D eigenvalue weighted by molar-refractivity contribution is 6.00. The van der Waals surface area contributed by atoms with Crippen molar-refractivity contribution in [3.8, 4) is 0 Å². The molecule has 1 saturated heterocycles. The molecule has 2 rings (SSSR count). The third-order valence-electron chi connectivity index (χ3n) is 4.55. The average molecular weight is 391 g/mol. The zero-order valence-electron chi connectivity index (χ0n) is 16.6. The molecule has 2 amide bonds. The van der Waals surface area contributed by atoms with Crippen LogP contribution in [0.1, 0.15) is 5.56 Å². The number of carbonyl (C=O) groups excluding carboxylic acids is 2. The lowest BCUT2D eigenvalue weighted by molar-refractivity contribution is -0.135. The first-order chi connectivity index (χ1) is 13.8. The van der Waals surface area contributed by atoms with Gasteiger partial charge in [0, 0.05) is 65.4 Å². The molecule has 1 aliphatic rings. The maximum Gasteiger partial charge on any atom is 0.232 e. The standard InChI is InChI=1S/C20H34N6O2/c27-19-18(16-17-4-2-1-3-5-17)20(28)26-15-13-24-11-9-22-7-6-21-8-10-23-12-14-25-19/h1-5,18,21-24H,6-16H2,(H,25,27)(H,26,28). The van der Waals surface area contributed by atoms with E-state index >= 15 is 0 Å². The smallest absolute Gasteiger partial charge is 0.232 e. The van der Waals surface area contributed by atoms with Crippen LogP contribution in [0.5, 0.6) is 0 Å². The summed E-state index contributed by atoms with van der Waals surface area (Å²) in [6.45, 7) is 7.65. The zero-order chi connectivity index (χ0) is 19.9. The Labute approximate surface area is 167 Å². The second-order valence-corrected chi connectivity index (χ2v) is 6.82. The molecular formula is C20H34N6O2. The van der Waals surface area contributed by atoms with Gasteiger partial charge in [-0.05, 0) is 12.0 Å². The molecule has 0 unspecified atom stereocenters. The van der Waals surface area contributed by atoms with Crippen LogP contribution in [0, 0.1) is 5.92 Å². The van der Waals surface area contributed by atoms with Gasteiger partial charge in [-0.15, -0.1) is 0 Å². The third-order valence-corrected chi connectivity index (χ3v) is 4.55. The largest absolute Gasteiger partial charge is 0.354 e. The van der Waals surface area contributed by atoms with Crippen molar-refractivity contribution in [1.29, 1.82) is 0 Å². The number of benzene rings is 1. The van der Waals surface area contributed by atoms with Crippen molar-refractivity contribution in [2.75, 3.05) is 65.4 Å². The SMILES string of the molecule is O=C1NCCNCCNCCNCCNCCNC(=O)C1Cc1ccccc1. The molecule has 0 atom stereocenters. The minimum Gasteiger partial charge on any atom is -0.354 e. The first-order valence-electron chi connectivity index (χ1n) is 10.2. The molecule has 0 saturated carbocycles. The summed E-state index contributed by atoms with van der Waals surface area (Å²) in [7, 11) is 0. The Balaban J connectivity index is 1.90. The van der Waals surface area contributed by atoms with E-state index in [1.165, 1.54) is 0 Å². The van der Waals surface area contributed by atoms with E-state index in [9.17, 15) is 9.59 Å². The highest BCUT2D eigenvalue weighted by Crippen LogP contribution is 2.09. The van der Waals surface area contributed by atoms with Crippen molar-refractivity contribution in [3.63, 3.8) is 0 Å². The summed E-state index contributed by atoms with van der Waals surface area (Å²) in [5, 5.41) is 19.1. The fraction of sp³-hybridized carbons (Fsp3) is 0.600. The lowest BCUT2D eigenvalue weighted by Crippen LogP contribution is -2.45. The quantitative estimate of drug-likeness (QED) is 0.342. The van der Waals surface area contributed by atoms with Crippen LogP contribution in [0.4, 0.5) is 0 Å². The van der Waals surface area contributed by atoms with Crippen LogP contribution in [0.15, 0.2) is 30.3 Å². The van der Waals surface area contributed by atoms with Gasteiger partial charge in [-0.1, -0.05) is 30.3 Å². The molecular weight excluding hydrogens is 356 g/mol. The zero-order valence-corrected chi connectivity index (χ0v) is 16.6. The van der Waals surface area contributed by atoms with E-state index in [0.717, 1.165) is 44.8 Å². The molecule has 156 valence electrons. The van der Waals surface area contributed by atoms with Gasteiger partial charge in [0.1, 0.15) is 5.92 Å². The third kappa shape index (κ3) is 9.27. The van der Waals surface area contributed by atoms with Crippen LogP contribution >= 0.6 is 0 Å². The Morgan fingerprint density at radius 2 is 1.00 bits per heavy atom. The van der Waals surface area contributed by atoms with Crippen LogP contribution in [0.2, 0.25) is 0 Å². The highest BCUT2D eigenvalue weighted by Gasteiger charge is 2.26. The summed E-state index contributed by atoms with van der Waals surface area (Å²) < 4.78 is 0. The summed E-state index contributed by atoms with van der Waals surface area (Å²) in [6.07, 6.45) is 0.396. The maximum atomic E-state index is 12.6. The Kier molecular flexibility index (Phi) is 11.2. The Morgan fingerprint density at radius 3 is 1.43 bits per heavy atom. The van der Waals surface area contributed by atoms with E-state index in [1.807, 2.05) is 30.3 Å². The summed E-state index contributed by atoms with van der Waals surface area (Å²) in [4.78, 5) is 25.3. The molecule has 1 fully saturated rings. The van der Waals surface area contributed by atoms with E-state index in [2.05, 4.69) is 31.9 Å².